The minimum atomic E-state index is -0.404. The molecule has 1 heterocycles. The van der Waals surface area contributed by atoms with E-state index in [1.807, 2.05) is 6.92 Å². The number of aliphatic hydroxyl groups excluding tert-OH is 1. The molecule has 2 fully saturated rings. The predicted molar refractivity (Wildman–Crippen MR) is 63.1 cm³/mol. The lowest BCUT2D eigenvalue weighted by atomic mass is 9.81. The standard InChI is InChI=1S/C13H21NO3/c1-2-9(15)7-8-14-12(16)10-5-3-4-6-11(10)13(14)17/h9-11,15H,2-8H2,1H3. The highest BCUT2D eigenvalue weighted by Gasteiger charge is 2.47. The third-order valence-electron chi connectivity index (χ3n) is 4.09. The molecule has 0 aromatic rings. The van der Waals surface area contributed by atoms with Crippen molar-refractivity contribution in [1.29, 1.82) is 0 Å². The summed E-state index contributed by atoms with van der Waals surface area (Å²) in [6.45, 7) is 2.29. The first-order valence-electron chi connectivity index (χ1n) is 6.68. The molecule has 0 aromatic heterocycles. The van der Waals surface area contributed by atoms with Crippen LogP contribution < -0.4 is 0 Å². The maximum Gasteiger partial charge on any atom is 0.233 e. The Morgan fingerprint density at radius 1 is 1.24 bits per heavy atom. The molecule has 1 N–H and O–H groups in total. The van der Waals surface area contributed by atoms with Crippen molar-refractivity contribution in [1.82, 2.24) is 4.90 Å². The van der Waals surface area contributed by atoms with E-state index < -0.39 is 6.10 Å². The maximum absolute atomic E-state index is 12.1. The van der Waals surface area contributed by atoms with Crippen LogP contribution in [0.2, 0.25) is 0 Å². The average Bonchev–Trinajstić information content (AvgIpc) is 2.60. The molecule has 1 saturated carbocycles. The summed E-state index contributed by atoms with van der Waals surface area (Å²) in [4.78, 5) is 25.5. The Hall–Kier alpha value is -0.900. The highest BCUT2D eigenvalue weighted by Crippen LogP contribution is 2.37. The number of hydrogen-bond acceptors (Lipinski definition) is 3. The predicted octanol–water partition coefficient (Wildman–Crippen LogP) is 1.32. The first-order valence-corrected chi connectivity index (χ1v) is 6.68. The summed E-state index contributed by atoms with van der Waals surface area (Å²) in [5.41, 5.74) is 0. The van der Waals surface area contributed by atoms with Crippen LogP contribution in [0.15, 0.2) is 0 Å². The Labute approximate surface area is 102 Å². The topological polar surface area (TPSA) is 57.6 Å². The van der Waals surface area contributed by atoms with Crippen LogP contribution >= 0.6 is 0 Å². The van der Waals surface area contributed by atoms with Gasteiger partial charge in [0.25, 0.3) is 0 Å². The van der Waals surface area contributed by atoms with Crippen LogP contribution in [0.1, 0.15) is 45.4 Å². The number of nitrogens with zero attached hydrogens (tertiary/aromatic N) is 1. The molecular weight excluding hydrogens is 218 g/mol. The van der Waals surface area contributed by atoms with E-state index in [1.54, 1.807) is 0 Å². The largest absolute Gasteiger partial charge is 0.393 e. The lowest BCUT2D eigenvalue weighted by molar-refractivity contribution is -0.140. The highest BCUT2D eigenvalue weighted by molar-refractivity contribution is 6.05. The van der Waals surface area contributed by atoms with Crippen molar-refractivity contribution in [3.05, 3.63) is 0 Å². The summed E-state index contributed by atoms with van der Waals surface area (Å²) in [7, 11) is 0. The molecule has 1 aliphatic heterocycles. The van der Waals surface area contributed by atoms with Gasteiger partial charge in [-0.25, -0.2) is 0 Å². The minimum absolute atomic E-state index is 0.00278. The van der Waals surface area contributed by atoms with E-state index in [0.717, 1.165) is 25.7 Å². The van der Waals surface area contributed by atoms with Crippen LogP contribution in [0.25, 0.3) is 0 Å². The molecule has 1 aliphatic carbocycles. The van der Waals surface area contributed by atoms with Gasteiger partial charge in [-0.2, -0.15) is 0 Å². The van der Waals surface area contributed by atoms with E-state index in [0.29, 0.717) is 19.4 Å². The lowest BCUT2D eigenvalue weighted by Crippen LogP contribution is -2.33. The number of fused-ring (bicyclic) bond motifs is 1. The summed E-state index contributed by atoms with van der Waals surface area (Å²) in [6.07, 6.45) is 4.62. The van der Waals surface area contributed by atoms with Crippen LogP contribution in [0.5, 0.6) is 0 Å². The van der Waals surface area contributed by atoms with Crippen molar-refractivity contribution in [3.63, 3.8) is 0 Å². The van der Waals surface area contributed by atoms with Gasteiger partial charge in [0.15, 0.2) is 0 Å². The van der Waals surface area contributed by atoms with Crippen LogP contribution in [-0.4, -0.2) is 34.5 Å². The molecule has 3 atom stereocenters. The summed E-state index contributed by atoms with van der Waals surface area (Å²) >= 11 is 0. The van der Waals surface area contributed by atoms with Crippen molar-refractivity contribution in [3.8, 4) is 0 Å². The van der Waals surface area contributed by atoms with Gasteiger partial charge in [-0.3, -0.25) is 14.5 Å². The Balaban J connectivity index is 1.98. The summed E-state index contributed by atoms with van der Waals surface area (Å²) < 4.78 is 0. The number of hydrogen-bond donors (Lipinski definition) is 1. The van der Waals surface area contributed by atoms with E-state index >= 15 is 0 Å². The van der Waals surface area contributed by atoms with Gasteiger partial charge in [-0.1, -0.05) is 19.8 Å². The lowest BCUT2D eigenvalue weighted by Gasteiger charge is -2.19. The zero-order valence-corrected chi connectivity index (χ0v) is 10.4. The molecule has 0 spiro atoms. The van der Waals surface area contributed by atoms with Crippen LogP contribution in [-0.2, 0) is 9.59 Å². The number of carbonyl (C=O) groups is 2. The van der Waals surface area contributed by atoms with Crippen molar-refractivity contribution < 1.29 is 14.7 Å². The molecule has 1 saturated heterocycles. The second-order valence-electron chi connectivity index (χ2n) is 5.18. The zero-order chi connectivity index (χ0) is 12.4. The number of carbonyl (C=O) groups excluding carboxylic acids is 2. The smallest absolute Gasteiger partial charge is 0.233 e. The molecule has 3 unspecified atom stereocenters. The molecule has 96 valence electrons. The van der Waals surface area contributed by atoms with Gasteiger partial charge in [0.2, 0.25) is 11.8 Å². The molecule has 17 heavy (non-hydrogen) atoms. The minimum Gasteiger partial charge on any atom is -0.393 e. The van der Waals surface area contributed by atoms with Crippen molar-refractivity contribution in [2.75, 3.05) is 6.54 Å². The van der Waals surface area contributed by atoms with Gasteiger partial charge < -0.3 is 5.11 Å². The van der Waals surface area contributed by atoms with E-state index in [9.17, 15) is 14.7 Å². The highest BCUT2D eigenvalue weighted by atomic mass is 16.3. The second-order valence-corrected chi connectivity index (χ2v) is 5.18. The number of rotatable bonds is 4. The SMILES string of the molecule is CCC(O)CCN1C(=O)C2CCCCC2C1=O. The first-order chi connectivity index (χ1) is 8.15. The van der Waals surface area contributed by atoms with E-state index in [4.69, 9.17) is 0 Å². The van der Waals surface area contributed by atoms with E-state index in [1.165, 1.54) is 4.90 Å². The molecule has 4 heteroatoms. The van der Waals surface area contributed by atoms with Crippen LogP contribution in [0.3, 0.4) is 0 Å². The van der Waals surface area contributed by atoms with Gasteiger partial charge in [-0.05, 0) is 25.7 Å². The monoisotopic (exact) mass is 239 g/mol. The van der Waals surface area contributed by atoms with Gasteiger partial charge >= 0.3 is 0 Å². The Morgan fingerprint density at radius 3 is 2.24 bits per heavy atom. The fraction of sp³-hybridized carbons (Fsp3) is 0.846. The number of amides is 2. The molecule has 0 radical (unpaired) electrons. The summed E-state index contributed by atoms with van der Waals surface area (Å²) in [5, 5.41) is 9.50. The molecule has 0 aromatic carbocycles. The first kappa shape index (κ1) is 12.6. The fourth-order valence-corrected chi connectivity index (χ4v) is 2.93. The number of likely N-dealkylation sites (tertiary alicyclic amines) is 1. The maximum atomic E-state index is 12.1. The second kappa shape index (κ2) is 5.17. The molecular formula is C13H21NO3. The van der Waals surface area contributed by atoms with Gasteiger partial charge in [0.05, 0.1) is 17.9 Å². The van der Waals surface area contributed by atoms with E-state index in [2.05, 4.69) is 0 Å². The zero-order valence-electron chi connectivity index (χ0n) is 10.4. The van der Waals surface area contributed by atoms with Crippen molar-refractivity contribution in [2.24, 2.45) is 11.8 Å². The third kappa shape index (κ3) is 2.37. The molecule has 2 rings (SSSR count). The summed E-state index contributed by atoms with van der Waals surface area (Å²) in [5.74, 6) is -0.115. The van der Waals surface area contributed by atoms with Crippen molar-refractivity contribution in [2.45, 2.75) is 51.6 Å². The van der Waals surface area contributed by atoms with Gasteiger partial charge in [0.1, 0.15) is 0 Å². The van der Waals surface area contributed by atoms with Crippen molar-refractivity contribution >= 4 is 11.8 Å². The Bertz CT molecular complexity index is 292. The van der Waals surface area contributed by atoms with Crippen LogP contribution in [0, 0.1) is 11.8 Å². The molecule has 2 amide bonds. The van der Waals surface area contributed by atoms with Gasteiger partial charge in [-0.15, -0.1) is 0 Å². The normalized spacial score (nSPS) is 30.6. The molecule has 4 nitrogen and oxygen atoms in total. The molecule has 2 aliphatic rings. The fourth-order valence-electron chi connectivity index (χ4n) is 2.93. The number of imide groups is 1. The average molecular weight is 239 g/mol. The quantitative estimate of drug-likeness (QED) is 0.753. The van der Waals surface area contributed by atoms with Crippen LogP contribution in [0.4, 0.5) is 0 Å². The Kier molecular flexibility index (Phi) is 3.82. The van der Waals surface area contributed by atoms with Gasteiger partial charge in [0, 0.05) is 6.54 Å². The third-order valence-corrected chi connectivity index (χ3v) is 4.09. The molecule has 0 bridgehead atoms. The summed E-state index contributed by atoms with van der Waals surface area (Å²) in [6, 6.07) is 0. The Morgan fingerprint density at radius 2 is 1.76 bits per heavy atom. The number of aliphatic hydroxyl groups is 1. The van der Waals surface area contributed by atoms with E-state index in [-0.39, 0.29) is 23.7 Å².